The van der Waals surface area contributed by atoms with Gasteiger partial charge in [-0.3, -0.25) is 38.6 Å². The zero-order chi connectivity index (χ0) is 51.3. The molecule has 0 aliphatic heterocycles. The van der Waals surface area contributed by atoms with Crippen molar-refractivity contribution in [1.29, 1.82) is 0 Å². The summed E-state index contributed by atoms with van der Waals surface area (Å²) in [5.41, 5.74) is 10.2. The molecule has 8 atom stereocenters. The maximum atomic E-state index is 14.4. The summed E-state index contributed by atoms with van der Waals surface area (Å²) in [6.45, 7) is 13.2. The number of carboxylic acids is 1. The number of likely N-dealkylation sites (N-methyl/N-ethyl adjacent to an activating group) is 1. The second-order valence-corrected chi connectivity index (χ2v) is 17.8. The van der Waals surface area contributed by atoms with Gasteiger partial charge in [-0.05, 0) is 69.2 Å². The summed E-state index contributed by atoms with van der Waals surface area (Å²) >= 11 is 0. The number of imidazole rings is 1. The highest BCUT2D eigenvalue weighted by Crippen LogP contribution is 2.16. The quantitative estimate of drug-likeness (QED) is 0.0259. The van der Waals surface area contributed by atoms with Gasteiger partial charge in [-0.2, -0.15) is 0 Å². The highest BCUT2D eigenvalue weighted by Gasteiger charge is 2.39. The Balaban J connectivity index is 2.46. The fourth-order valence-electron chi connectivity index (χ4n) is 6.81. The number of phenols is 1. The number of carboxylic acid groups (broad SMARTS) is 1. The number of benzene rings is 1. The van der Waals surface area contributed by atoms with Crippen molar-refractivity contribution >= 4 is 53.3 Å². The number of rotatable bonds is 29. The van der Waals surface area contributed by atoms with Gasteiger partial charge < -0.3 is 69.2 Å². The Labute approximate surface area is 397 Å². The lowest BCUT2D eigenvalue weighted by Crippen LogP contribution is -2.63. The van der Waals surface area contributed by atoms with Crippen LogP contribution >= 0.6 is 0 Å². The van der Waals surface area contributed by atoms with E-state index in [1.807, 2.05) is 0 Å². The lowest BCUT2D eigenvalue weighted by molar-refractivity contribution is -0.144. The minimum absolute atomic E-state index is 0.0437. The number of nitrogens with zero attached hydrogens (tertiary/aromatic N) is 2. The normalized spacial score (nSPS) is 14.9. The van der Waals surface area contributed by atoms with Gasteiger partial charge in [0.2, 0.25) is 41.4 Å². The number of carbonyl (C=O) groups is 8. The van der Waals surface area contributed by atoms with E-state index >= 15 is 0 Å². The molecule has 7 amide bonds. The van der Waals surface area contributed by atoms with Crippen molar-refractivity contribution in [2.24, 2.45) is 34.2 Å². The van der Waals surface area contributed by atoms with Crippen molar-refractivity contribution < 1.29 is 48.6 Å². The van der Waals surface area contributed by atoms with Crippen LogP contribution in [0.5, 0.6) is 5.75 Å². The summed E-state index contributed by atoms with van der Waals surface area (Å²) in [5, 5.41) is 41.1. The van der Waals surface area contributed by atoms with Crippen molar-refractivity contribution in [2.75, 3.05) is 20.1 Å². The SMILES string of the molecule is CC[C@H](C)[C@H](NC(=O)C(C)(C)NC(=O)[C@H](Cc1cnc[nH]1)NC(=O)[C@@H](NC(=O)[C@H](Cc1ccc(O)cc1)NC(=O)[C@@H](NC(=O)[C@H](CCCN=C(N)N)NC(=O)CNC)C(C)C)[C@@H](C)CC)C(=O)O. The topological polar surface area (TPSA) is 366 Å². The molecule has 0 spiro atoms. The second-order valence-electron chi connectivity index (χ2n) is 17.8. The second kappa shape index (κ2) is 27.8. The Morgan fingerprint density at radius 2 is 1.29 bits per heavy atom. The van der Waals surface area contributed by atoms with Crippen LogP contribution in [0.1, 0.15) is 92.3 Å². The van der Waals surface area contributed by atoms with E-state index in [-0.39, 0.29) is 44.1 Å². The molecule has 0 aliphatic rings. The number of carbonyl (C=O) groups excluding carboxylic acids is 7. The summed E-state index contributed by atoms with van der Waals surface area (Å²) in [7, 11) is 1.56. The smallest absolute Gasteiger partial charge is 0.326 e. The Kier molecular flexibility index (Phi) is 23.4. The average Bonchev–Trinajstić information content (AvgIpc) is 3.79. The van der Waals surface area contributed by atoms with Gasteiger partial charge in [0.15, 0.2) is 5.96 Å². The molecule has 1 aromatic heterocycles. The van der Waals surface area contributed by atoms with E-state index in [4.69, 9.17) is 11.5 Å². The number of phenolic OH excluding ortho intramolecular Hbond substituents is 1. The Morgan fingerprint density at radius 3 is 1.82 bits per heavy atom. The molecule has 0 radical (unpaired) electrons. The average molecular weight is 956 g/mol. The largest absolute Gasteiger partial charge is 0.508 e. The van der Waals surface area contributed by atoms with Crippen molar-refractivity contribution in [3.63, 3.8) is 0 Å². The molecule has 0 aliphatic carbocycles. The fourth-order valence-corrected chi connectivity index (χ4v) is 6.81. The summed E-state index contributed by atoms with van der Waals surface area (Å²) in [6, 6.07) is -1.60. The fraction of sp³-hybridized carbons (Fsp3) is 0.600. The predicted octanol–water partition coefficient (Wildman–Crippen LogP) is -1.19. The zero-order valence-corrected chi connectivity index (χ0v) is 40.5. The number of H-pyrrole nitrogens is 1. The molecule has 0 fully saturated rings. The van der Waals surface area contributed by atoms with E-state index in [1.165, 1.54) is 38.5 Å². The van der Waals surface area contributed by atoms with Crippen molar-refractivity contribution in [2.45, 2.75) is 136 Å². The Bertz CT molecular complexity index is 2020. The van der Waals surface area contributed by atoms with Crippen LogP contribution in [-0.4, -0.2) is 135 Å². The van der Waals surface area contributed by atoms with Gasteiger partial charge in [-0.15, -0.1) is 0 Å². The van der Waals surface area contributed by atoms with E-state index in [2.05, 4.69) is 57.5 Å². The molecular formula is C45H73N13O10. The standard InChI is InChI=1S/C45H73N13O10/c1-10-25(5)35(41(65)54-32(20-28-21-49-23-51-28)39(63)58-45(7,8)43(68)57-36(42(66)67)26(6)11-2)56-38(62)31(19-27-14-16-29(59)17-15-27)53-40(64)34(24(3)4)55-37(61)30(52-33(60)22-48-9)13-12-18-50-44(46)47/h14-17,21,23-26,30-32,34-36,48,59H,10-13,18-20,22H2,1-9H3,(H,49,51)(H,52,60)(H,53,64)(H,54,65)(H,55,61)(H,56,62)(H,57,68)(H,58,63)(H,66,67)(H4,46,47,50)/t25-,26-,30-,31-,32-,34-,35-,36-/m0/s1. The summed E-state index contributed by atoms with van der Waals surface area (Å²) in [4.78, 5) is 119. The number of guanidine groups is 1. The highest BCUT2D eigenvalue weighted by atomic mass is 16.4. The van der Waals surface area contributed by atoms with E-state index in [0.717, 1.165) is 0 Å². The molecule has 378 valence electrons. The number of hydrogen-bond acceptors (Lipinski definition) is 12. The van der Waals surface area contributed by atoms with Gasteiger partial charge in [-0.1, -0.05) is 66.5 Å². The molecule has 0 unspecified atom stereocenters. The number of aliphatic imine (C=N–C) groups is 1. The van der Waals surface area contributed by atoms with Gasteiger partial charge in [-0.25, -0.2) is 9.78 Å². The minimum atomic E-state index is -1.65. The van der Waals surface area contributed by atoms with Crippen LogP contribution in [0.3, 0.4) is 0 Å². The van der Waals surface area contributed by atoms with Crippen LogP contribution in [0.2, 0.25) is 0 Å². The third-order valence-corrected chi connectivity index (χ3v) is 11.4. The molecule has 2 aromatic rings. The molecular weight excluding hydrogens is 883 g/mol. The number of aromatic amines is 1. The molecule has 2 rings (SSSR count). The van der Waals surface area contributed by atoms with Gasteiger partial charge in [0.1, 0.15) is 47.5 Å². The summed E-state index contributed by atoms with van der Waals surface area (Å²) in [6.07, 6.45) is 3.84. The third-order valence-electron chi connectivity index (χ3n) is 11.4. The number of nitrogens with one attached hydrogen (secondary N) is 9. The van der Waals surface area contributed by atoms with Crippen LogP contribution in [-0.2, 0) is 51.2 Å². The number of nitrogens with two attached hydrogens (primary N) is 2. The molecule has 15 N–H and O–H groups in total. The predicted molar refractivity (Wildman–Crippen MR) is 253 cm³/mol. The van der Waals surface area contributed by atoms with E-state index in [1.54, 1.807) is 60.7 Å². The Morgan fingerprint density at radius 1 is 0.735 bits per heavy atom. The monoisotopic (exact) mass is 956 g/mol. The van der Waals surface area contributed by atoms with E-state index in [0.29, 0.717) is 30.5 Å². The first-order valence-electron chi connectivity index (χ1n) is 22.8. The van der Waals surface area contributed by atoms with E-state index in [9.17, 15) is 48.6 Å². The van der Waals surface area contributed by atoms with Crippen molar-refractivity contribution in [3.05, 3.63) is 48.0 Å². The maximum absolute atomic E-state index is 14.4. The highest BCUT2D eigenvalue weighted by molar-refractivity contribution is 5.98. The van der Waals surface area contributed by atoms with Crippen LogP contribution < -0.4 is 54.0 Å². The van der Waals surface area contributed by atoms with Gasteiger partial charge in [0.25, 0.3) is 0 Å². The first-order valence-corrected chi connectivity index (χ1v) is 22.8. The molecule has 68 heavy (non-hydrogen) atoms. The lowest BCUT2D eigenvalue weighted by Gasteiger charge is -2.32. The van der Waals surface area contributed by atoms with Crippen LogP contribution in [0.15, 0.2) is 41.8 Å². The van der Waals surface area contributed by atoms with Crippen LogP contribution in [0.25, 0.3) is 0 Å². The minimum Gasteiger partial charge on any atom is -0.508 e. The van der Waals surface area contributed by atoms with Crippen LogP contribution in [0, 0.1) is 17.8 Å². The number of aromatic nitrogens is 2. The van der Waals surface area contributed by atoms with Crippen LogP contribution in [0.4, 0.5) is 0 Å². The van der Waals surface area contributed by atoms with Gasteiger partial charge in [0, 0.05) is 31.3 Å². The number of hydrogen-bond donors (Lipinski definition) is 13. The maximum Gasteiger partial charge on any atom is 0.326 e. The molecule has 23 nitrogen and oxygen atoms in total. The van der Waals surface area contributed by atoms with Crippen molar-refractivity contribution in [1.82, 2.24) is 52.5 Å². The van der Waals surface area contributed by atoms with Crippen molar-refractivity contribution in [3.8, 4) is 5.75 Å². The molecule has 0 bridgehead atoms. The number of aliphatic carboxylic acids is 1. The molecule has 1 aromatic carbocycles. The molecule has 1 heterocycles. The number of aromatic hydroxyl groups is 1. The lowest BCUT2D eigenvalue weighted by atomic mass is 9.95. The summed E-state index contributed by atoms with van der Waals surface area (Å²) < 4.78 is 0. The first-order chi connectivity index (χ1) is 31.9. The molecule has 0 saturated heterocycles. The van der Waals surface area contributed by atoms with E-state index < -0.39 is 107 Å². The van der Waals surface area contributed by atoms with Gasteiger partial charge >= 0.3 is 5.97 Å². The summed E-state index contributed by atoms with van der Waals surface area (Å²) in [5.74, 6) is -7.94. The Hall–Kier alpha value is -6.78. The molecule has 23 heteroatoms. The van der Waals surface area contributed by atoms with Gasteiger partial charge in [0.05, 0.1) is 12.9 Å². The third kappa shape index (κ3) is 18.8. The zero-order valence-electron chi connectivity index (χ0n) is 40.5. The number of amides is 7. The first kappa shape index (κ1) is 57.3. The molecule has 0 saturated carbocycles.